The maximum absolute atomic E-state index is 13.2. The Kier molecular flexibility index (Phi) is 3.21. The highest BCUT2D eigenvalue weighted by atomic mass is 32.2. The second kappa shape index (κ2) is 4.63. The number of pyridine rings is 1. The molecule has 16 heavy (non-hydrogen) atoms. The van der Waals surface area contributed by atoms with E-state index < -0.39 is 11.8 Å². The van der Waals surface area contributed by atoms with Gasteiger partial charge in [0.2, 0.25) is 0 Å². The van der Waals surface area contributed by atoms with Crippen molar-refractivity contribution in [2.75, 3.05) is 0 Å². The topological polar surface area (TPSA) is 50.2 Å². The summed E-state index contributed by atoms with van der Waals surface area (Å²) < 4.78 is 13.2. The first-order chi connectivity index (χ1) is 7.66. The highest BCUT2D eigenvalue weighted by Crippen LogP contribution is 2.31. The lowest BCUT2D eigenvalue weighted by Gasteiger charge is -1.97. The molecular weight excluding hydrogens is 249 g/mol. The number of carbonyl (C=O) groups is 1. The van der Waals surface area contributed by atoms with Crippen molar-refractivity contribution in [3.63, 3.8) is 0 Å². The Hall–Kier alpha value is -1.40. The molecule has 2 aromatic heterocycles. The Balaban J connectivity index is 2.21. The molecule has 0 saturated carbocycles. The van der Waals surface area contributed by atoms with Crippen LogP contribution >= 0.6 is 23.1 Å². The monoisotopic (exact) mass is 255 g/mol. The molecule has 0 aliphatic heterocycles. The second-order valence-corrected chi connectivity index (χ2v) is 4.82. The molecular formula is C10H6FNO2S2. The van der Waals surface area contributed by atoms with Crippen molar-refractivity contribution in [3.05, 3.63) is 40.5 Å². The predicted molar refractivity (Wildman–Crippen MR) is 59.6 cm³/mol. The fraction of sp³-hybridized carbons (Fsp3) is 0. The predicted octanol–water partition coefficient (Wildman–Crippen LogP) is 3.13. The van der Waals surface area contributed by atoms with E-state index in [1.807, 2.05) is 0 Å². The zero-order valence-electron chi connectivity index (χ0n) is 7.88. The van der Waals surface area contributed by atoms with Crippen LogP contribution in [0.5, 0.6) is 0 Å². The van der Waals surface area contributed by atoms with Crippen LogP contribution < -0.4 is 0 Å². The summed E-state index contributed by atoms with van der Waals surface area (Å²) in [6, 6.07) is 4.33. The quantitative estimate of drug-likeness (QED) is 0.915. The molecule has 0 saturated heterocycles. The Morgan fingerprint density at radius 2 is 2.38 bits per heavy atom. The molecule has 2 aromatic rings. The molecule has 2 rings (SSSR count). The Morgan fingerprint density at radius 1 is 1.56 bits per heavy atom. The zero-order valence-corrected chi connectivity index (χ0v) is 9.52. The molecule has 0 aromatic carbocycles. The average Bonchev–Trinajstić information content (AvgIpc) is 2.70. The van der Waals surface area contributed by atoms with Gasteiger partial charge in [-0.3, -0.25) is 0 Å². The van der Waals surface area contributed by atoms with Gasteiger partial charge >= 0.3 is 5.97 Å². The number of hydrogen-bond acceptors (Lipinski definition) is 4. The van der Waals surface area contributed by atoms with Gasteiger partial charge in [0, 0.05) is 16.5 Å². The van der Waals surface area contributed by atoms with Crippen molar-refractivity contribution < 1.29 is 14.3 Å². The van der Waals surface area contributed by atoms with Crippen LogP contribution in [-0.2, 0) is 0 Å². The van der Waals surface area contributed by atoms with Gasteiger partial charge in [-0.15, -0.1) is 11.3 Å². The summed E-state index contributed by atoms with van der Waals surface area (Å²) in [6.45, 7) is 0. The van der Waals surface area contributed by atoms with Crippen LogP contribution in [0.3, 0.4) is 0 Å². The van der Waals surface area contributed by atoms with Crippen LogP contribution in [0.4, 0.5) is 4.39 Å². The smallest absolute Gasteiger partial charge is 0.345 e. The number of hydrogen-bond donors (Lipinski definition) is 1. The molecule has 0 radical (unpaired) electrons. The number of halogens is 1. The largest absolute Gasteiger partial charge is 0.477 e. The van der Waals surface area contributed by atoms with E-state index >= 15 is 0 Å². The lowest BCUT2D eigenvalue weighted by molar-refractivity contribution is 0.0702. The number of aromatic carboxylic acids is 1. The molecule has 0 spiro atoms. The number of carboxylic acids is 1. The van der Waals surface area contributed by atoms with Gasteiger partial charge in [-0.05, 0) is 18.2 Å². The molecule has 3 nitrogen and oxygen atoms in total. The van der Waals surface area contributed by atoms with Crippen molar-refractivity contribution in [2.24, 2.45) is 0 Å². The van der Waals surface area contributed by atoms with Crippen LogP contribution in [0, 0.1) is 5.82 Å². The normalized spacial score (nSPS) is 10.3. The minimum absolute atomic E-state index is 0.235. The maximum Gasteiger partial charge on any atom is 0.345 e. The number of carboxylic acid groups (broad SMARTS) is 1. The highest BCUT2D eigenvalue weighted by Gasteiger charge is 2.10. The molecule has 0 fully saturated rings. The van der Waals surface area contributed by atoms with Gasteiger partial charge in [0.1, 0.15) is 9.90 Å². The first-order valence-corrected chi connectivity index (χ1v) is 5.96. The van der Waals surface area contributed by atoms with Crippen molar-refractivity contribution >= 4 is 29.1 Å². The van der Waals surface area contributed by atoms with Crippen molar-refractivity contribution in [1.82, 2.24) is 4.98 Å². The summed E-state index contributed by atoms with van der Waals surface area (Å²) in [5.41, 5.74) is 0. The van der Waals surface area contributed by atoms with E-state index in [0.717, 1.165) is 23.1 Å². The second-order valence-electron chi connectivity index (χ2n) is 2.84. The van der Waals surface area contributed by atoms with E-state index in [9.17, 15) is 9.18 Å². The average molecular weight is 255 g/mol. The molecule has 2 heterocycles. The lowest BCUT2D eigenvalue weighted by Crippen LogP contribution is -1.90. The summed E-state index contributed by atoms with van der Waals surface area (Å²) >= 11 is 2.23. The molecule has 6 heteroatoms. The lowest BCUT2D eigenvalue weighted by atomic mass is 10.5. The summed E-state index contributed by atoms with van der Waals surface area (Å²) in [7, 11) is 0. The van der Waals surface area contributed by atoms with E-state index in [4.69, 9.17) is 5.11 Å². The molecule has 82 valence electrons. The van der Waals surface area contributed by atoms with Gasteiger partial charge in [0.05, 0.1) is 0 Å². The van der Waals surface area contributed by atoms with Gasteiger partial charge in [-0.25, -0.2) is 14.2 Å². The molecule has 0 aliphatic carbocycles. The van der Waals surface area contributed by atoms with Crippen LogP contribution in [0.1, 0.15) is 9.67 Å². The molecule has 0 amide bonds. The Labute approximate surface area is 99.0 Å². The first kappa shape index (κ1) is 11.1. The van der Waals surface area contributed by atoms with Gasteiger partial charge < -0.3 is 5.11 Å². The first-order valence-electron chi connectivity index (χ1n) is 4.27. The Morgan fingerprint density at radius 3 is 3.00 bits per heavy atom. The van der Waals surface area contributed by atoms with E-state index in [-0.39, 0.29) is 9.90 Å². The van der Waals surface area contributed by atoms with Gasteiger partial charge in [0.15, 0.2) is 5.82 Å². The summed E-state index contributed by atoms with van der Waals surface area (Å²) in [4.78, 5) is 15.4. The molecule has 0 aliphatic rings. The standard InChI is InChI=1S/C10H6FNO2S2/c11-7-2-1-3-12-9(7)16-6-4-8(10(13)14)15-5-6/h1-5H,(H,13,14). The zero-order chi connectivity index (χ0) is 11.5. The van der Waals surface area contributed by atoms with Crippen molar-refractivity contribution in [2.45, 2.75) is 9.92 Å². The summed E-state index contributed by atoms with van der Waals surface area (Å²) in [5.74, 6) is -1.38. The van der Waals surface area contributed by atoms with Crippen LogP contribution in [0.2, 0.25) is 0 Å². The third-order valence-electron chi connectivity index (χ3n) is 1.73. The van der Waals surface area contributed by atoms with Gasteiger partial charge in [-0.1, -0.05) is 11.8 Å². The van der Waals surface area contributed by atoms with Crippen LogP contribution in [0.15, 0.2) is 39.7 Å². The van der Waals surface area contributed by atoms with E-state index in [1.165, 1.54) is 24.4 Å². The summed E-state index contributed by atoms with van der Waals surface area (Å²) in [5, 5.41) is 10.6. The minimum atomic E-state index is -0.974. The third-order valence-corrected chi connectivity index (χ3v) is 3.76. The number of thiophene rings is 1. The molecule has 0 unspecified atom stereocenters. The fourth-order valence-electron chi connectivity index (χ4n) is 1.04. The molecule has 1 N–H and O–H groups in total. The van der Waals surface area contributed by atoms with Crippen LogP contribution in [-0.4, -0.2) is 16.1 Å². The summed E-state index contributed by atoms with van der Waals surface area (Å²) in [6.07, 6.45) is 1.50. The van der Waals surface area contributed by atoms with Crippen LogP contribution in [0.25, 0.3) is 0 Å². The van der Waals surface area contributed by atoms with Crippen molar-refractivity contribution in [1.29, 1.82) is 0 Å². The maximum atomic E-state index is 13.2. The van der Waals surface area contributed by atoms with E-state index in [2.05, 4.69) is 4.98 Å². The van der Waals surface area contributed by atoms with E-state index in [1.54, 1.807) is 5.38 Å². The molecule has 0 atom stereocenters. The minimum Gasteiger partial charge on any atom is -0.477 e. The fourth-order valence-corrected chi connectivity index (χ4v) is 2.74. The number of rotatable bonds is 3. The van der Waals surface area contributed by atoms with E-state index in [0.29, 0.717) is 4.90 Å². The van der Waals surface area contributed by atoms with Crippen molar-refractivity contribution in [3.8, 4) is 0 Å². The highest BCUT2D eigenvalue weighted by molar-refractivity contribution is 7.99. The number of aromatic nitrogens is 1. The van der Waals surface area contributed by atoms with Gasteiger partial charge in [-0.2, -0.15) is 0 Å². The number of nitrogens with zero attached hydrogens (tertiary/aromatic N) is 1. The molecule has 0 bridgehead atoms. The van der Waals surface area contributed by atoms with Gasteiger partial charge in [0.25, 0.3) is 0 Å². The third kappa shape index (κ3) is 2.40. The SMILES string of the molecule is O=C(O)c1cc(Sc2ncccc2F)cs1. The Bertz CT molecular complexity index is 527.